The molecule has 0 atom stereocenters. The zero-order valence-corrected chi connectivity index (χ0v) is 10.0. The Labute approximate surface area is 89.6 Å². The van der Waals surface area contributed by atoms with Crippen molar-refractivity contribution in [3.63, 3.8) is 0 Å². The Balaban J connectivity index is 3.36. The van der Waals surface area contributed by atoms with Gasteiger partial charge in [-0.1, -0.05) is 0 Å². The fraction of sp³-hybridized carbons (Fsp3) is 0. The largest absolute Gasteiger partial charge is 0.298 e. The van der Waals surface area contributed by atoms with Gasteiger partial charge in [0.2, 0.25) is 0 Å². The number of rotatable bonds is 1. The van der Waals surface area contributed by atoms with Crippen LogP contribution in [0.5, 0.6) is 0 Å². The van der Waals surface area contributed by atoms with Gasteiger partial charge in [0.05, 0.1) is 0 Å². The maximum atomic E-state index is 10.4. The number of carbonyl (C=O) groups excluding carboxylic acids is 1. The molecule has 11 heavy (non-hydrogen) atoms. The summed E-state index contributed by atoms with van der Waals surface area (Å²) in [7, 11) is 0. The normalized spacial score (nSPS) is 9.73. The van der Waals surface area contributed by atoms with Gasteiger partial charge in [0, 0.05) is 19.0 Å². The van der Waals surface area contributed by atoms with Crippen molar-refractivity contribution in [2.45, 2.75) is 0 Å². The molecule has 0 spiro atoms. The van der Waals surface area contributed by atoms with E-state index in [1.54, 1.807) is 6.07 Å². The Morgan fingerprint density at radius 1 is 1.09 bits per heavy atom. The van der Waals surface area contributed by atoms with E-state index >= 15 is 0 Å². The minimum atomic E-state index is 0.639. The number of aldehydes is 1. The van der Waals surface area contributed by atoms with Crippen molar-refractivity contribution in [1.82, 2.24) is 0 Å². The van der Waals surface area contributed by atoms with Gasteiger partial charge in [-0.3, -0.25) is 4.79 Å². The minimum absolute atomic E-state index is 0.639. The zero-order valence-electron chi connectivity index (χ0n) is 5.27. The van der Waals surface area contributed by atoms with Crippen molar-refractivity contribution in [2.24, 2.45) is 0 Å². The lowest BCUT2D eigenvalue weighted by Crippen LogP contribution is -1.83. The summed E-state index contributed by atoms with van der Waals surface area (Å²) in [5, 5.41) is 0. The lowest BCUT2D eigenvalue weighted by molar-refractivity contribution is 0.112. The van der Waals surface area contributed by atoms with Gasteiger partial charge in [-0.15, -0.1) is 0 Å². The van der Waals surface area contributed by atoms with Gasteiger partial charge in [0.25, 0.3) is 0 Å². The van der Waals surface area contributed by atoms with Crippen molar-refractivity contribution in [3.8, 4) is 0 Å². The summed E-state index contributed by atoms with van der Waals surface area (Å²) in [6.45, 7) is 0. The average Bonchev–Trinajstić information content (AvgIpc) is 2.01. The fourth-order valence-electron chi connectivity index (χ4n) is 0.632. The summed E-state index contributed by atoms with van der Waals surface area (Å²) in [5.41, 5.74) is 0.639. The van der Waals surface area contributed by atoms with Gasteiger partial charge < -0.3 is 0 Å². The van der Waals surface area contributed by atoms with Gasteiger partial charge in [-0.05, 0) is 59.9 Å². The van der Waals surface area contributed by atoms with Gasteiger partial charge in [-0.2, -0.15) is 0 Å². The second-order valence-corrected chi connectivity index (χ2v) is 4.32. The van der Waals surface area contributed by atoms with E-state index in [4.69, 9.17) is 0 Å². The highest BCUT2D eigenvalue weighted by Crippen LogP contribution is 2.32. The molecular formula is C7H3Br3O. The van der Waals surface area contributed by atoms with E-state index in [2.05, 4.69) is 47.8 Å². The second-order valence-electron chi connectivity index (χ2n) is 1.88. The lowest BCUT2D eigenvalue weighted by atomic mass is 10.2. The first-order valence-electron chi connectivity index (χ1n) is 2.75. The molecule has 4 heteroatoms. The molecule has 0 amide bonds. The molecule has 1 aromatic carbocycles. The average molecular weight is 343 g/mol. The molecule has 1 aromatic rings. The van der Waals surface area contributed by atoms with Crippen molar-refractivity contribution in [1.29, 1.82) is 0 Å². The first-order valence-corrected chi connectivity index (χ1v) is 5.13. The quantitative estimate of drug-likeness (QED) is 0.560. The van der Waals surface area contributed by atoms with Crippen LogP contribution in [0.3, 0.4) is 0 Å². The molecule has 0 radical (unpaired) electrons. The van der Waals surface area contributed by atoms with Crippen LogP contribution in [0.4, 0.5) is 0 Å². The first-order chi connectivity index (χ1) is 5.16. The van der Waals surface area contributed by atoms with Crippen molar-refractivity contribution >= 4 is 54.1 Å². The summed E-state index contributed by atoms with van der Waals surface area (Å²) >= 11 is 9.92. The van der Waals surface area contributed by atoms with Crippen LogP contribution >= 0.6 is 47.8 Å². The molecule has 58 valence electrons. The molecule has 0 bridgehead atoms. The maximum absolute atomic E-state index is 10.4. The van der Waals surface area contributed by atoms with Crippen LogP contribution < -0.4 is 0 Å². The molecule has 0 aliphatic rings. The molecular weight excluding hydrogens is 340 g/mol. The van der Waals surface area contributed by atoms with Gasteiger partial charge in [0.15, 0.2) is 6.29 Å². The van der Waals surface area contributed by atoms with Gasteiger partial charge in [0.1, 0.15) is 0 Å². The topological polar surface area (TPSA) is 17.1 Å². The Morgan fingerprint density at radius 3 is 2.27 bits per heavy atom. The molecule has 1 nitrogen and oxygen atoms in total. The Hall–Kier alpha value is 0.330. The highest BCUT2D eigenvalue weighted by atomic mass is 79.9. The zero-order chi connectivity index (χ0) is 8.43. The van der Waals surface area contributed by atoms with Crippen LogP contribution in [-0.2, 0) is 0 Å². The summed E-state index contributed by atoms with van der Waals surface area (Å²) in [6.07, 6.45) is 0.807. The molecule has 0 aliphatic carbocycles. The molecule has 0 aromatic heterocycles. The number of halogens is 3. The van der Waals surface area contributed by atoms with Crippen molar-refractivity contribution < 1.29 is 4.79 Å². The number of benzene rings is 1. The van der Waals surface area contributed by atoms with Gasteiger partial charge in [-0.25, -0.2) is 0 Å². The lowest BCUT2D eigenvalue weighted by Gasteiger charge is -2.00. The van der Waals surface area contributed by atoms with Gasteiger partial charge >= 0.3 is 0 Å². The number of hydrogen-bond acceptors (Lipinski definition) is 1. The molecule has 0 unspecified atom stereocenters. The minimum Gasteiger partial charge on any atom is -0.298 e. The predicted molar refractivity (Wildman–Crippen MR) is 54.9 cm³/mol. The molecule has 0 N–H and O–H groups in total. The SMILES string of the molecule is O=Cc1ccc(Br)c(Br)c1Br. The molecule has 0 saturated carbocycles. The Morgan fingerprint density at radius 2 is 1.73 bits per heavy atom. The van der Waals surface area contributed by atoms with Crippen LogP contribution in [0.1, 0.15) is 10.4 Å². The first kappa shape index (κ1) is 9.42. The third-order valence-electron chi connectivity index (χ3n) is 1.19. The molecule has 0 saturated heterocycles. The predicted octanol–water partition coefficient (Wildman–Crippen LogP) is 3.79. The van der Waals surface area contributed by atoms with E-state index in [0.717, 1.165) is 19.7 Å². The highest BCUT2D eigenvalue weighted by Gasteiger charge is 2.05. The molecule has 0 heterocycles. The van der Waals surface area contributed by atoms with E-state index in [0.29, 0.717) is 5.56 Å². The molecule has 0 aliphatic heterocycles. The van der Waals surface area contributed by atoms with E-state index in [9.17, 15) is 4.79 Å². The Kier molecular flexibility index (Phi) is 3.28. The van der Waals surface area contributed by atoms with Crippen molar-refractivity contribution in [3.05, 3.63) is 31.1 Å². The smallest absolute Gasteiger partial charge is 0.151 e. The Bertz CT molecular complexity index is 296. The summed E-state index contributed by atoms with van der Waals surface area (Å²) in [4.78, 5) is 10.4. The van der Waals surface area contributed by atoms with Crippen LogP contribution in [0, 0.1) is 0 Å². The molecule has 0 fully saturated rings. The van der Waals surface area contributed by atoms with Crippen LogP contribution in [0.2, 0.25) is 0 Å². The van der Waals surface area contributed by atoms with Crippen molar-refractivity contribution in [2.75, 3.05) is 0 Å². The van der Waals surface area contributed by atoms with E-state index in [-0.39, 0.29) is 0 Å². The van der Waals surface area contributed by atoms with E-state index in [1.807, 2.05) is 6.07 Å². The van der Waals surface area contributed by atoms with E-state index < -0.39 is 0 Å². The number of carbonyl (C=O) groups is 1. The number of hydrogen-bond donors (Lipinski definition) is 0. The van der Waals surface area contributed by atoms with Crippen LogP contribution in [0.15, 0.2) is 25.6 Å². The third-order valence-corrected chi connectivity index (χ3v) is 4.60. The standard InChI is InChI=1S/C7H3Br3O/c8-5-2-1-4(3-11)6(9)7(5)10/h1-3H. The summed E-state index contributed by atoms with van der Waals surface area (Å²) < 4.78 is 2.57. The molecule has 1 rings (SSSR count). The fourth-order valence-corrected chi connectivity index (χ4v) is 2.03. The maximum Gasteiger partial charge on any atom is 0.151 e. The summed E-state index contributed by atoms with van der Waals surface area (Å²) in [6, 6.07) is 3.56. The summed E-state index contributed by atoms with van der Waals surface area (Å²) in [5.74, 6) is 0. The second kappa shape index (κ2) is 3.83. The monoisotopic (exact) mass is 340 g/mol. The van der Waals surface area contributed by atoms with Crippen LogP contribution in [0.25, 0.3) is 0 Å². The highest BCUT2D eigenvalue weighted by molar-refractivity contribution is 9.14. The third kappa shape index (κ3) is 1.92. The van der Waals surface area contributed by atoms with E-state index in [1.165, 1.54) is 0 Å². The van der Waals surface area contributed by atoms with Crippen LogP contribution in [-0.4, -0.2) is 6.29 Å².